The van der Waals surface area contributed by atoms with Gasteiger partial charge in [0.05, 0.1) is 0 Å². The second-order valence-corrected chi connectivity index (χ2v) is 6.89. The van der Waals surface area contributed by atoms with E-state index in [1.807, 2.05) is 6.07 Å². The van der Waals surface area contributed by atoms with E-state index >= 15 is 0 Å². The summed E-state index contributed by atoms with van der Waals surface area (Å²) >= 11 is 0. The molecule has 3 heterocycles. The van der Waals surface area contributed by atoms with Gasteiger partial charge < -0.3 is 19.9 Å². The maximum Gasteiger partial charge on any atom is 0.345 e. The summed E-state index contributed by atoms with van der Waals surface area (Å²) in [6, 6.07) is 3.81. The molecule has 0 amide bonds. The lowest BCUT2D eigenvalue weighted by molar-refractivity contribution is 0.0694. The molecule has 1 fully saturated rings. The van der Waals surface area contributed by atoms with Crippen LogP contribution in [0, 0.1) is 0 Å². The topological polar surface area (TPSA) is 108 Å². The van der Waals surface area contributed by atoms with Crippen LogP contribution in [-0.4, -0.2) is 33.4 Å². The average Bonchev–Trinajstić information content (AvgIpc) is 3.07. The molecule has 0 bridgehead atoms. The van der Waals surface area contributed by atoms with E-state index in [2.05, 4.69) is 15.3 Å². The summed E-state index contributed by atoms with van der Waals surface area (Å²) in [6.45, 7) is 0. The first kappa shape index (κ1) is 17.3. The Kier molecular flexibility index (Phi) is 4.66. The third-order valence-electron chi connectivity index (χ3n) is 5.02. The fourth-order valence-electron chi connectivity index (χ4n) is 3.63. The van der Waals surface area contributed by atoms with E-state index in [9.17, 15) is 15.0 Å². The number of pyridine rings is 1. The van der Waals surface area contributed by atoms with Crippen LogP contribution < -0.4 is 5.32 Å². The van der Waals surface area contributed by atoms with Gasteiger partial charge in [0.15, 0.2) is 22.9 Å². The molecule has 2 aromatic heterocycles. The highest BCUT2D eigenvalue weighted by molar-refractivity contribution is 6.21. The minimum absolute atomic E-state index is 0.0988. The highest BCUT2D eigenvalue weighted by Gasteiger charge is 2.27. The fourth-order valence-corrected chi connectivity index (χ4v) is 3.63. The van der Waals surface area contributed by atoms with Gasteiger partial charge in [-0.25, -0.2) is 14.8 Å². The number of aromatic nitrogens is 1. The SMILES string of the molecule is O=C(O)c1c(NC2CCCCCC2)oc(C=C2C=Nc3ncccc32)c1O. The van der Waals surface area contributed by atoms with Crippen molar-refractivity contribution in [2.75, 3.05) is 5.32 Å². The Hall–Kier alpha value is -3.09. The number of aliphatic imine (C=N–C) groups is 1. The molecule has 0 radical (unpaired) electrons. The van der Waals surface area contributed by atoms with Crippen LogP contribution in [0.5, 0.6) is 5.75 Å². The lowest BCUT2D eigenvalue weighted by Gasteiger charge is -2.15. The lowest BCUT2D eigenvalue weighted by atomic mass is 10.1. The first-order valence-electron chi connectivity index (χ1n) is 9.20. The first-order chi connectivity index (χ1) is 13.1. The van der Waals surface area contributed by atoms with Crippen LogP contribution in [0.1, 0.15) is 60.2 Å². The van der Waals surface area contributed by atoms with Gasteiger partial charge in [-0.2, -0.15) is 0 Å². The number of aromatic carboxylic acids is 1. The molecule has 0 spiro atoms. The Morgan fingerprint density at radius 3 is 2.78 bits per heavy atom. The monoisotopic (exact) mass is 367 g/mol. The number of carbonyl (C=O) groups is 1. The summed E-state index contributed by atoms with van der Waals surface area (Å²) in [7, 11) is 0. The normalized spacial score (nSPS) is 18.4. The van der Waals surface area contributed by atoms with Gasteiger partial charge in [-0.1, -0.05) is 25.7 Å². The molecule has 7 heteroatoms. The largest absolute Gasteiger partial charge is 0.504 e. The number of furan rings is 1. The molecule has 2 aromatic rings. The summed E-state index contributed by atoms with van der Waals surface area (Å²) < 4.78 is 5.73. The smallest absolute Gasteiger partial charge is 0.345 e. The quantitative estimate of drug-likeness (QED) is 0.688. The molecule has 1 saturated carbocycles. The van der Waals surface area contributed by atoms with E-state index < -0.39 is 5.97 Å². The number of fused-ring (bicyclic) bond motifs is 1. The zero-order valence-corrected chi connectivity index (χ0v) is 14.8. The predicted octanol–water partition coefficient (Wildman–Crippen LogP) is 4.47. The van der Waals surface area contributed by atoms with E-state index in [1.165, 1.54) is 12.8 Å². The van der Waals surface area contributed by atoms with Gasteiger partial charge in [0.2, 0.25) is 5.88 Å². The van der Waals surface area contributed by atoms with E-state index in [0.717, 1.165) is 31.2 Å². The second kappa shape index (κ2) is 7.26. The van der Waals surface area contributed by atoms with Crippen molar-refractivity contribution in [3.8, 4) is 5.75 Å². The summed E-state index contributed by atoms with van der Waals surface area (Å²) in [4.78, 5) is 20.1. The summed E-state index contributed by atoms with van der Waals surface area (Å²) in [5.74, 6) is -0.803. The van der Waals surface area contributed by atoms with Crippen molar-refractivity contribution < 1.29 is 19.4 Å². The first-order valence-corrected chi connectivity index (χ1v) is 9.20. The Balaban J connectivity index is 1.67. The van der Waals surface area contributed by atoms with Gasteiger partial charge in [-0.05, 0) is 31.1 Å². The third-order valence-corrected chi connectivity index (χ3v) is 5.02. The fraction of sp³-hybridized carbons (Fsp3) is 0.350. The van der Waals surface area contributed by atoms with E-state index in [1.54, 1.807) is 24.6 Å². The molecule has 7 nitrogen and oxygen atoms in total. The molecule has 0 saturated heterocycles. The molecule has 2 aliphatic rings. The van der Waals surface area contributed by atoms with Crippen molar-refractivity contribution in [3.63, 3.8) is 0 Å². The van der Waals surface area contributed by atoms with E-state index in [4.69, 9.17) is 4.42 Å². The van der Waals surface area contributed by atoms with Crippen molar-refractivity contribution in [2.24, 2.45) is 4.99 Å². The number of carboxylic acids is 1. The number of hydrogen-bond donors (Lipinski definition) is 3. The van der Waals surface area contributed by atoms with Crippen LogP contribution in [0.3, 0.4) is 0 Å². The van der Waals surface area contributed by atoms with Crippen molar-refractivity contribution in [1.82, 2.24) is 4.98 Å². The van der Waals surface area contributed by atoms with Crippen LogP contribution in [0.25, 0.3) is 11.6 Å². The molecule has 1 aliphatic carbocycles. The minimum atomic E-state index is -1.22. The number of nitrogens with one attached hydrogen (secondary N) is 1. The van der Waals surface area contributed by atoms with Gasteiger partial charge in [-0.15, -0.1) is 0 Å². The van der Waals surface area contributed by atoms with Crippen LogP contribution in [-0.2, 0) is 0 Å². The average molecular weight is 367 g/mol. The molecule has 3 N–H and O–H groups in total. The number of anilines is 1. The van der Waals surface area contributed by atoms with Crippen LogP contribution >= 0.6 is 0 Å². The number of nitrogens with zero attached hydrogens (tertiary/aromatic N) is 2. The van der Waals surface area contributed by atoms with Gasteiger partial charge in [0.25, 0.3) is 0 Å². The van der Waals surface area contributed by atoms with Crippen LogP contribution in [0.4, 0.5) is 11.7 Å². The van der Waals surface area contributed by atoms with Crippen molar-refractivity contribution >= 4 is 35.5 Å². The highest BCUT2D eigenvalue weighted by atomic mass is 16.4. The molecule has 0 unspecified atom stereocenters. The maximum atomic E-state index is 11.7. The Morgan fingerprint density at radius 2 is 2.04 bits per heavy atom. The Labute approximate surface area is 156 Å². The van der Waals surface area contributed by atoms with E-state index in [0.29, 0.717) is 11.4 Å². The second-order valence-electron chi connectivity index (χ2n) is 6.89. The number of rotatable bonds is 4. The number of allylic oxidation sites excluding steroid dienone is 1. The molecular weight excluding hydrogens is 346 g/mol. The number of hydrogen-bond acceptors (Lipinski definition) is 6. The Bertz CT molecular complexity index is 921. The van der Waals surface area contributed by atoms with Crippen LogP contribution in [0.2, 0.25) is 0 Å². The summed E-state index contributed by atoms with van der Waals surface area (Å²) in [5, 5.41) is 23.2. The molecule has 0 aromatic carbocycles. The summed E-state index contributed by atoms with van der Waals surface area (Å²) in [6.07, 6.45) is 11.4. The summed E-state index contributed by atoms with van der Waals surface area (Å²) in [5.41, 5.74) is 1.29. The lowest BCUT2D eigenvalue weighted by Crippen LogP contribution is -2.19. The minimum Gasteiger partial charge on any atom is -0.504 e. The molecule has 0 atom stereocenters. The van der Waals surface area contributed by atoms with Crippen molar-refractivity contribution in [1.29, 1.82) is 0 Å². The standard InChI is InChI=1S/C20H21N3O4/c24-17-15(10-12-11-22-18-14(12)8-5-9-21-18)27-19(16(17)20(25)26)23-13-6-3-1-2-4-7-13/h5,8-11,13,23-24H,1-4,6-7H2,(H,25,26). The molecule has 27 heavy (non-hydrogen) atoms. The van der Waals surface area contributed by atoms with Gasteiger partial charge >= 0.3 is 5.97 Å². The molecule has 4 rings (SSSR count). The van der Waals surface area contributed by atoms with Gasteiger partial charge in [-0.3, -0.25) is 0 Å². The zero-order valence-electron chi connectivity index (χ0n) is 14.8. The zero-order chi connectivity index (χ0) is 18.8. The maximum absolute atomic E-state index is 11.7. The predicted molar refractivity (Wildman–Crippen MR) is 103 cm³/mol. The molecule has 140 valence electrons. The Morgan fingerprint density at radius 1 is 1.26 bits per heavy atom. The third kappa shape index (κ3) is 3.45. The van der Waals surface area contributed by atoms with Gasteiger partial charge in [0.1, 0.15) is 0 Å². The van der Waals surface area contributed by atoms with Crippen LogP contribution in [0.15, 0.2) is 27.7 Å². The molecule has 1 aliphatic heterocycles. The number of aromatic hydroxyl groups is 1. The van der Waals surface area contributed by atoms with Crippen molar-refractivity contribution in [3.05, 3.63) is 35.2 Å². The highest BCUT2D eigenvalue weighted by Crippen LogP contribution is 2.38. The van der Waals surface area contributed by atoms with Crippen molar-refractivity contribution in [2.45, 2.75) is 44.6 Å². The van der Waals surface area contributed by atoms with E-state index in [-0.39, 0.29) is 29.0 Å². The van der Waals surface area contributed by atoms with Gasteiger partial charge in [0, 0.05) is 29.6 Å². The molecular formula is C20H21N3O4. The number of carboxylic acid groups (broad SMARTS) is 1.